The van der Waals surface area contributed by atoms with Crippen LogP contribution in [-0.4, -0.2) is 33.6 Å². The Bertz CT molecular complexity index is 888. The van der Waals surface area contributed by atoms with Gasteiger partial charge in [0.1, 0.15) is 5.71 Å². The molecule has 1 amide bonds. The fraction of sp³-hybridized carbons (Fsp3) is 0.0588. The van der Waals surface area contributed by atoms with Crippen molar-refractivity contribution >= 4 is 44.1 Å². The van der Waals surface area contributed by atoms with Crippen LogP contribution in [-0.2, 0) is 4.79 Å². The van der Waals surface area contributed by atoms with E-state index in [1.165, 1.54) is 23.5 Å². The van der Waals surface area contributed by atoms with Crippen molar-refractivity contribution in [2.24, 2.45) is 0 Å². The number of fused-ring (bicyclic) bond motifs is 1. The molecule has 0 aliphatic carbocycles. The largest absolute Gasteiger partial charge is 0.377 e. The van der Waals surface area contributed by atoms with Crippen LogP contribution < -0.4 is 5.32 Å². The summed E-state index contributed by atoms with van der Waals surface area (Å²) in [5.74, 6) is -1.55. The summed E-state index contributed by atoms with van der Waals surface area (Å²) in [6.07, 6.45) is -1.86. The minimum atomic E-state index is -1.86. The molecule has 7 heteroatoms. The van der Waals surface area contributed by atoms with Gasteiger partial charge < -0.3 is 5.11 Å². The molecular formula is C17H13N3O3S. The molecule has 2 aromatic carbocycles. The van der Waals surface area contributed by atoms with Crippen LogP contribution in [0.15, 0.2) is 54.6 Å². The van der Waals surface area contributed by atoms with Crippen molar-refractivity contribution in [3.8, 4) is 0 Å². The average Bonchev–Trinajstić information content (AvgIpc) is 3.02. The van der Waals surface area contributed by atoms with Crippen LogP contribution in [0, 0.1) is 5.41 Å². The molecule has 120 valence electrons. The van der Waals surface area contributed by atoms with E-state index in [2.05, 4.69) is 10.3 Å². The maximum atomic E-state index is 12.1. The molecule has 1 unspecified atom stereocenters. The third-order valence-corrected chi connectivity index (χ3v) is 4.28. The number of para-hydroxylation sites is 1. The molecule has 0 spiro atoms. The number of aromatic nitrogens is 1. The van der Waals surface area contributed by atoms with E-state index in [0.717, 1.165) is 10.2 Å². The minimum Gasteiger partial charge on any atom is -0.377 e. The zero-order valence-electron chi connectivity index (χ0n) is 12.4. The van der Waals surface area contributed by atoms with Gasteiger partial charge in [0.25, 0.3) is 5.91 Å². The molecule has 0 aliphatic heterocycles. The number of rotatable bonds is 5. The summed E-state index contributed by atoms with van der Waals surface area (Å²) in [7, 11) is 0. The van der Waals surface area contributed by atoms with Crippen LogP contribution in [0.25, 0.3) is 10.2 Å². The summed E-state index contributed by atoms with van der Waals surface area (Å²) in [5, 5.41) is 20.5. The van der Waals surface area contributed by atoms with E-state index < -0.39 is 23.5 Å². The van der Waals surface area contributed by atoms with Crippen molar-refractivity contribution in [1.82, 2.24) is 4.98 Å². The first-order valence-corrected chi connectivity index (χ1v) is 7.90. The first kappa shape index (κ1) is 16.0. The van der Waals surface area contributed by atoms with E-state index in [-0.39, 0.29) is 5.56 Å². The molecule has 1 heterocycles. The number of Topliss-reactive ketones (excluding diaryl/α,β-unsaturated/α-hetero) is 1. The molecular weight excluding hydrogens is 326 g/mol. The number of aliphatic hydroxyl groups is 1. The lowest BCUT2D eigenvalue weighted by Gasteiger charge is -2.10. The van der Waals surface area contributed by atoms with Gasteiger partial charge >= 0.3 is 0 Å². The van der Waals surface area contributed by atoms with Crippen LogP contribution in [0.4, 0.5) is 5.13 Å². The number of benzene rings is 2. The molecule has 3 rings (SSSR count). The zero-order valence-corrected chi connectivity index (χ0v) is 13.2. The minimum absolute atomic E-state index is 0.245. The lowest BCUT2D eigenvalue weighted by Crippen LogP contribution is -2.38. The van der Waals surface area contributed by atoms with Crippen molar-refractivity contribution in [2.45, 2.75) is 6.10 Å². The normalized spacial score (nSPS) is 11.9. The molecule has 0 fully saturated rings. The molecule has 1 atom stereocenters. The van der Waals surface area contributed by atoms with Crippen LogP contribution in [0.3, 0.4) is 0 Å². The number of hydrogen-bond donors (Lipinski definition) is 3. The number of thiazole rings is 1. The number of carbonyl (C=O) groups is 2. The van der Waals surface area contributed by atoms with Crippen LogP contribution in [0.5, 0.6) is 0 Å². The van der Waals surface area contributed by atoms with Gasteiger partial charge in [-0.1, -0.05) is 53.8 Å². The van der Waals surface area contributed by atoms with Gasteiger partial charge in [-0.2, -0.15) is 0 Å². The van der Waals surface area contributed by atoms with E-state index in [0.29, 0.717) is 5.13 Å². The van der Waals surface area contributed by atoms with Gasteiger partial charge in [0.05, 0.1) is 10.2 Å². The number of amides is 1. The van der Waals surface area contributed by atoms with E-state index in [4.69, 9.17) is 5.41 Å². The highest BCUT2D eigenvalue weighted by molar-refractivity contribution is 7.22. The Morgan fingerprint density at radius 2 is 1.75 bits per heavy atom. The number of anilines is 1. The highest BCUT2D eigenvalue weighted by Crippen LogP contribution is 2.25. The number of nitrogens with one attached hydrogen (secondary N) is 2. The molecule has 0 saturated heterocycles. The van der Waals surface area contributed by atoms with Crippen molar-refractivity contribution in [3.63, 3.8) is 0 Å². The van der Waals surface area contributed by atoms with Gasteiger partial charge in [0.15, 0.2) is 11.2 Å². The third kappa shape index (κ3) is 3.22. The van der Waals surface area contributed by atoms with Gasteiger partial charge in [-0.05, 0) is 12.1 Å². The Morgan fingerprint density at radius 1 is 1.08 bits per heavy atom. The molecule has 1 aromatic heterocycles. The average molecular weight is 339 g/mol. The second kappa shape index (κ2) is 6.69. The molecule has 3 N–H and O–H groups in total. The highest BCUT2D eigenvalue weighted by Gasteiger charge is 2.27. The predicted molar refractivity (Wildman–Crippen MR) is 92.8 cm³/mol. The molecule has 6 nitrogen and oxygen atoms in total. The smallest absolute Gasteiger partial charge is 0.261 e. The van der Waals surface area contributed by atoms with Gasteiger partial charge in [-0.15, -0.1) is 0 Å². The van der Waals surface area contributed by atoms with E-state index >= 15 is 0 Å². The van der Waals surface area contributed by atoms with Crippen LogP contribution in [0.1, 0.15) is 10.4 Å². The van der Waals surface area contributed by atoms with Crippen molar-refractivity contribution in [3.05, 3.63) is 60.2 Å². The molecule has 0 radical (unpaired) electrons. The number of nitrogens with zero attached hydrogens (tertiary/aromatic N) is 1. The number of ketones is 1. The Labute approximate surface area is 141 Å². The lowest BCUT2D eigenvalue weighted by atomic mass is 10.0. The van der Waals surface area contributed by atoms with Gasteiger partial charge in [-0.25, -0.2) is 4.98 Å². The summed E-state index contributed by atoms with van der Waals surface area (Å²) in [6, 6.07) is 15.4. The summed E-state index contributed by atoms with van der Waals surface area (Å²) in [4.78, 5) is 28.4. The number of hydrogen-bond acceptors (Lipinski definition) is 6. The van der Waals surface area contributed by atoms with E-state index in [1.807, 2.05) is 18.2 Å². The monoisotopic (exact) mass is 339 g/mol. The first-order chi connectivity index (χ1) is 11.6. The van der Waals surface area contributed by atoms with Crippen molar-refractivity contribution < 1.29 is 14.7 Å². The Kier molecular flexibility index (Phi) is 4.45. The maximum Gasteiger partial charge on any atom is 0.261 e. The van der Waals surface area contributed by atoms with Crippen molar-refractivity contribution in [2.75, 3.05) is 5.32 Å². The summed E-state index contributed by atoms with van der Waals surface area (Å²) >= 11 is 1.25. The molecule has 0 saturated carbocycles. The fourth-order valence-electron chi connectivity index (χ4n) is 2.10. The zero-order chi connectivity index (χ0) is 17.1. The van der Waals surface area contributed by atoms with Gasteiger partial charge in [0.2, 0.25) is 5.78 Å². The number of aliphatic hydroxyl groups excluding tert-OH is 1. The fourth-order valence-corrected chi connectivity index (χ4v) is 2.97. The quantitative estimate of drug-likeness (QED) is 0.491. The lowest BCUT2D eigenvalue weighted by molar-refractivity contribution is -0.121. The third-order valence-electron chi connectivity index (χ3n) is 3.33. The Balaban J connectivity index is 1.72. The van der Waals surface area contributed by atoms with Crippen LogP contribution in [0.2, 0.25) is 0 Å². The standard InChI is InChI=1S/C17H13N3O3S/c18-13(14(21)10-6-2-1-3-7-10)15(22)16(23)20-17-19-11-8-4-5-9-12(11)24-17/h1-9,15,18,22H,(H,19,20,23). The highest BCUT2D eigenvalue weighted by atomic mass is 32.1. The summed E-state index contributed by atoms with van der Waals surface area (Å²) in [6.45, 7) is 0. The topological polar surface area (TPSA) is 103 Å². The van der Waals surface area contributed by atoms with Crippen molar-refractivity contribution in [1.29, 1.82) is 5.41 Å². The van der Waals surface area contributed by atoms with Crippen LogP contribution >= 0.6 is 11.3 Å². The van der Waals surface area contributed by atoms with E-state index in [1.54, 1.807) is 24.3 Å². The molecule has 0 bridgehead atoms. The maximum absolute atomic E-state index is 12.1. The SMILES string of the molecule is N=C(C(=O)c1ccccc1)C(O)C(=O)Nc1nc2ccccc2s1. The molecule has 3 aromatic rings. The Morgan fingerprint density at radius 3 is 2.46 bits per heavy atom. The molecule has 24 heavy (non-hydrogen) atoms. The first-order valence-electron chi connectivity index (χ1n) is 7.09. The van der Waals surface area contributed by atoms with E-state index in [9.17, 15) is 14.7 Å². The van der Waals surface area contributed by atoms with Gasteiger partial charge in [-0.3, -0.25) is 20.3 Å². The summed E-state index contributed by atoms with van der Waals surface area (Å²) in [5.41, 5.74) is 0.289. The second-order valence-corrected chi connectivity index (χ2v) is 6.02. The number of carbonyl (C=O) groups excluding carboxylic acids is 2. The second-order valence-electron chi connectivity index (χ2n) is 4.99. The Hall–Kier alpha value is -2.90. The predicted octanol–water partition coefficient (Wildman–Crippen LogP) is 2.50. The summed E-state index contributed by atoms with van der Waals surface area (Å²) < 4.78 is 0.887. The molecule has 0 aliphatic rings. The van der Waals surface area contributed by atoms with Gasteiger partial charge in [0, 0.05) is 5.56 Å².